The number of nitrogens with zero attached hydrogens (tertiary/aromatic N) is 2. The van der Waals surface area contributed by atoms with Crippen molar-refractivity contribution in [1.82, 2.24) is 9.55 Å². The first kappa shape index (κ1) is 11.4. The molecule has 3 nitrogen and oxygen atoms in total. The van der Waals surface area contributed by atoms with Gasteiger partial charge in [0.05, 0.1) is 0 Å². The van der Waals surface area contributed by atoms with Gasteiger partial charge in [0.2, 0.25) is 0 Å². The van der Waals surface area contributed by atoms with E-state index >= 15 is 0 Å². The molecule has 2 N–H and O–H groups in total. The second-order valence-electron chi connectivity index (χ2n) is 3.63. The van der Waals surface area contributed by atoms with Gasteiger partial charge in [-0.05, 0) is 22.5 Å². The second-order valence-corrected chi connectivity index (χ2v) is 4.38. The predicted molar refractivity (Wildman–Crippen MR) is 69.1 cm³/mol. The molecular formula is C12H14BrN3. The van der Waals surface area contributed by atoms with Gasteiger partial charge in [0, 0.05) is 19.0 Å². The third-order valence-corrected chi connectivity index (χ3v) is 3.44. The molecule has 1 aromatic heterocycles. The Labute approximate surface area is 103 Å². The van der Waals surface area contributed by atoms with E-state index in [-0.39, 0.29) is 0 Å². The quantitative estimate of drug-likeness (QED) is 0.938. The molecule has 16 heavy (non-hydrogen) atoms. The molecule has 2 aromatic rings. The van der Waals surface area contributed by atoms with E-state index in [0.717, 1.165) is 28.1 Å². The number of hydrogen-bond acceptors (Lipinski definition) is 2. The van der Waals surface area contributed by atoms with Gasteiger partial charge in [-0.2, -0.15) is 0 Å². The molecule has 0 amide bonds. The summed E-state index contributed by atoms with van der Waals surface area (Å²) in [6.07, 6.45) is 0.794. The fraction of sp³-hybridized carbons (Fsp3) is 0.250. The first-order valence-electron chi connectivity index (χ1n) is 5.20. The lowest BCUT2D eigenvalue weighted by Crippen LogP contribution is -2.07. The summed E-state index contributed by atoms with van der Waals surface area (Å²) in [5.41, 5.74) is 7.66. The fourth-order valence-corrected chi connectivity index (χ4v) is 2.18. The first-order valence-corrected chi connectivity index (χ1v) is 6.00. The van der Waals surface area contributed by atoms with E-state index in [1.54, 1.807) is 0 Å². The molecule has 0 saturated heterocycles. The SMILES string of the molecule is Cn1c(CCN)nc(-c2ccccc2)c1Br. The number of nitrogens with two attached hydrogens (primary N) is 1. The lowest BCUT2D eigenvalue weighted by atomic mass is 10.2. The Kier molecular flexibility index (Phi) is 3.41. The average molecular weight is 280 g/mol. The van der Waals surface area contributed by atoms with Crippen molar-refractivity contribution in [2.45, 2.75) is 6.42 Å². The van der Waals surface area contributed by atoms with Crippen molar-refractivity contribution in [2.24, 2.45) is 12.8 Å². The molecule has 1 aromatic carbocycles. The van der Waals surface area contributed by atoms with Crippen molar-refractivity contribution in [2.75, 3.05) is 6.54 Å². The molecule has 84 valence electrons. The van der Waals surface area contributed by atoms with Crippen LogP contribution in [0.15, 0.2) is 34.9 Å². The van der Waals surface area contributed by atoms with Gasteiger partial charge in [-0.15, -0.1) is 0 Å². The number of aromatic nitrogens is 2. The zero-order chi connectivity index (χ0) is 11.5. The molecule has 0 aliphatic rings. The maximum absolute atomic E-state index is 5.56. The van der Waals surface area contributed by atoms with E-state index < -0.39 is 0 Å². The van der Waals surface area contributed by atoms with Crippen LogP contribution in [0.5, 0.6) is 0 Å². The van der Waals surface area contributed by atoms with Crippen LogP contribution in [-0.2, 0) is 13.5 Å². The normalized spacial score (nSPS) is 10.7. The summed E-state index contributed by atoms with van der Waals surface area (Å²) < 4.78 is 3.04. The topological polar surface area (TPSA) is 43.8 Å². The summed E-state index contributed by atoms with van der Waals surface area (Å²) in [5.74, 6) is 1.01. The molecule has 0 bridgehead atoms. The predicted octanol–water partition coefficient (Wildman–Crippen LogP) is 2.35. The molecule has 0 aliphatic carbocycles. The molecule has 1 heterocycles. The highest BCUT2D eigenvalue weighted by Crippen LogP contribution is 2.27. The number of halogens is 1. The maximum atomic E-state index is 5.56. The Morgan fingerprint density at radius 1 is 1.31 bits per heavy atom. The van der Waals surface area contributed by atoms with Crippen LogP contribution in [0.25, 0.3) is 11.3 Å². The van der Waals surface area contributed by atoms with E-state index in [9.17, 15) is 0 Å². The summed E-state index contributed by atoms with van der Waals surface area (Å²) in [6.45, 7) is 0.617. The third kappa shape index (κ3) is 2.03. The molecule has 0 spiro atoms. The van der Waals surface area contributed by atoms with Gasteiger partial charge in [0.25, 0.3) is 0 Å². The number of hydrogen-bond donors (Lipinski definition) is 1. The Morgan fingerprint density at radius 3 is 2.62 bits per heavy atom. The van der Waals surface area contributed by atoms with Crippen LogP contribution in [-0.4, -0.2) is 16.1 Å². The second kappa shape index (κ2) is 4.80. The van der Waals surface area contributed by atoms with Crippen molar-refractivity contribution >= 4 is 15.9 Å². The largest absolute Gasteiger partial charge is 0.330 e. The van der Waals surface area contributed by atoms with Gasteiger partial charge in [0.15, 0.2) is 0 Å². The molecule has 0 atom stereocenters. The lowest BCUT2D eigenvalue weighted by Gasteiger charge is -1.99. The third-order valence-electron chi connectivity index (χ3n) is 2.53. The molecule has 0 fully saturated rings. The highest BCUT2D eigenvalue weighted by molar-refractivity contribution is 9.10. The molecular weight excluding hydrogens is 266 g/mol. The summed E-state index contributed by atoms with van der Waals surface area (Å²) in [5, 5.41) is 0. The van der Waals surface area contributed by atoms with Crippen molar-refractivity contribution in [3.8, 4) is 11.3 Å². The molecule has 0 saturated carbocycles. The molecule has 0 unspecified atom stereocenters. The number of imidazole rings is 1. The Balaban J connectivity index is 2.46. The maximum Gasteiger partial charge on any atom is 0.112 e. The minimum atomic E-state index is 0.617. The van der Waals surface area contributed by atoms with Gasteiger partial charge in [-0.1, -0.05) is 30.3 Å². The standard InChI is InChI=1S/C12H14BrN3/c1-16-10(7-8-14)15-11(12(16)13)9-5-3-2-4-6-9/h2-6H,7-8,14H2,1H3. The van der Waals surface area contributed by atoms with Crippen LogP contribution in [0, 0.1) is 0 Å². The van der Waals surface area contributed by atoms with Gasteiger partial charge < -0.3 is 10.3 Å². The Hall–Kier alpha value is -1.13. The molecule has 2 rings (SSSR count). The van der Waals surface area contributed by atoms with E-state index in [1.165, 1.54) is 0 Å². The molecule has 0 radical (unpaired) electrons. The van der Waals surface area contributed by atoms with Gasteiger partial charge in [-0.25, -0.2) is 4.98 Å². The summed E-state index contributed by atoms with van der Waals surface area (Å²) in [6, 6.07) is 10.1. The van der Waals surface area contributed by atoms with E-state index in [1.807, 2.05) is 29.8 Å². The van der Waals surface area contributed by atoms with Gasteiger partial charge in [-0.3, -0.25) is 0 Å². The average Bonchev–Trinajstić information content (AvgIpc) is 2.59. The zero-order valence-corrected chi connectivity index (χ0v) is 10.7. The van der Waals surface area contributed by atoms with Crippen molar-refractivity contribution < 1.29 is 0 Å². The van der Waals surface area contributed by atoms with Gasteiger partial charge >= 0.3 is 0 Å². The fourth-order valence-electron chi connectivity index (χ4n) is 1.65. The lowest BCUT2D eigenvalue weighted by molar-refractivity contribution is 0.767. The smallest absolute Gasteiger partial charge is 0.112 e. The summed E-state index contributed by atoms with van der Waals surface area (Å²) in [7, 11) is 1.99. The highest BCUT2D eigenvalue weighted by atomic mass is 79.9. The van der Waals surface area contributed by atoms with Crippen LogP contribution < -0.4 is 5.73 Å². The van der Waals surface area contributed by atoms with Crippen molar-refractivity contribution in [1.29, 1.82) is 0 Å². The van der Waals surface area contributed by atoms with Crippen LogP contribution in [0.1, 0.15) is 5.82 Å². The highest BCUT2D eigenvalue weighted by Gasteiger charge is 2.12. The van der Waals surface area contributed by atoms with E-state index in [2.05, 4.69) is 33.0 Å². The molecule has 4 heteroatoms. The van der Waals surface area contributed by atoms with E-state index in [4.69, 9.17) is 5.73 Å². The minimum Gasteiger partial charge on any atom is -0.330 e. The van der Waals surface area contributed by atoms with Crippen LogP contribution in [0.4, 0.5) is 0 Å². The van der Waals surface area contributed by atoms with Crippen LogP contribution in [0.2, 0.25) is 0 Å². The Morgan fingerprint density at radius 2 is 2.00 bits per heavy atom. The number of rotatable bonds is 3. The van der Waals surface area contributed by atoms with Gasteiger partial charge in [0.1, 0.15) is 16.1 Å². The van der Waals surface area contributed by atoms with E-state index in [0.29, 0.717) is 6.54 Å². The number of benzene rings is 1. The van der Waals surface area contributed by atoms with Crippen LogP contribution >= 0.6 is 15.9 Å². The van der Waals surface area contributed by atoms with Crippen molar-refractivity contribution in [3.05, 3.63) is 40.8 Å². The van der Waals surface area contributed by atoms with Crippen LogP contribution in [0.3, 0.4) is 0 Å². The van der Waals surface area contributed by atoms with Crippen molar-refractivity contribution in [3.63, 3.8) is 0 Å². The summed E-state index contributed by atoms with van der Waals surface area (Å²) in [4.78, 5) is 4.61. The minimum absolute atomic E-state index is 0.617. The Bertz CT molecular complexity index is 477. The first-order chi connectivity index (χ1) is 7.74. The summed E-state index contributed by atoms with van der Waals surface area (Å²) >= 11 is 3.57. The monoisotopic (exact) mass is 279 g/mol. The zero-order valence-electron chi connectivity index (χ0n) is 9.15. The molecule has 0 aliphatic heterocycles.